The fraction of sp³-hybridized carbons (Fsp3) is 0.385. The molecule has 0 bridgehead atoms. The van der Waals surface area contributed by atoms with E-state index in [1.165, 1.54) is 6.20 Å². The molecule has 0 unspecified atom stereocenters. The van der Waals surface area contributed by atoms with Crippen LogP contribution in [0.15, 0.2) is 30.9 Å². The third-order valence-electron chi connectivity index (χ3n) is 2.63. The van der Waals surface area contributed by atoms with Crippen LogP contribution in [0.5, 0.6) is 0 Å². The van der Waals surface area contributed by atoms with Crippen LogP contribution in [0.25, 0.3) is 0 Å². The molecular formula is C13H18N6O. The van der Waals surface area contributed by atoms with Gasteiger partial charge in [-0.2, -0.15) is 5.10 Å². The van der Waals surface area contributed by atoms with Gasteiger partial charge in [-0.25, -0.2) is 4.98 Å². The summed E-state index contributed by atoms with van der Waals surface area (Å²) in [6, 6.07) is 1.88. The molecule has 2 heterocycles. The Morgan fingerprint density at radius 1 is 1.40 bits per heavy atom. The third kappa shape index (κ3) is 4.04. The van der Waals surface area contributed by atoms with Gasteiger partial charge in [-0.05, 0) is 19.4 Å². The summed E-state index contributed by atoms with van der Waals surface area (Å²) in [6.07, 6.45) is 7.50. The lowest BCUT2D eigenvalue weighted by atomic mass is 10.3. The first-order chi connectivity index (χ1) is 9.79. The maximum Gasteiger partial charge on any atom is 0.271 e. The predicted molar refractivity (Wildman–Crippen MR) is 75.4 cm³/mol. The van der Waals surface area contributed by atoms with E-state index >= 15 is 0 Å². The Kier molecular flexibility index (Phi) is 5.05. The Morgan fingerprint density at radius 3 is 3.05 bits per heavy atom. The van der Waals surface area contributed by atoms with E-state index in [2.05, 4.69) is 25.7 Å². The zero-order valence-corrected chi connectivity index (χ0v) is 11.4. The molecule has 0 aliphatic heterocycles. The fourth-order valence-electron chi connectivity index (χ4n) is 1.71. The van der Waals surface area contributed by atoms with Crippen LogP contribution >= 0.6 is 0 Å². The molecule has 0 saturated carbocycles. The fourth-order valence-corrected chi connectivity index (χ4v) is 1.71. The Hall–Kier alpha value is -2.44. The van der Waals surface area contributed by atoms with Crippen LogP contribution in [-0.2, 0) is 6.54 Å². The van der Waals surface area contributed by atoms with Gasteiger partial charge in [0.2, 0.25) is 0 Å². The molecule has 0 fully saturated rings. The number of hydrogen-bond donors (Lipinski definition) is 2. The number of hydrogen-bond acceptors (Lipinski definition) is 5. The molecule has 0 radical (unpaired) electrons. The van der Waals surface area contributed by atoms with E-state index in [1.807, 2.05) is 23.9 Å². The predicted octanol–water partition coefficient (Wildman–Crippen LogP) is 0.925. The molecule has 0 aliphatic carbocycles. The van der Waals surface area contributed by atoms with E-state index in [-0.39, 0.29) is 5.91 Å². The smallest absolute Gasteiger partial charge is 0.271 e. The summed E-state index contributed by atoms with van der Waals surface area (Å²) in [5.41, 5.74) is 0.322. The second kappa shape index (κ2) is 7.22. The lowest BCUT2D eigenvalue weighted by Gasteiger charge is -2.06. The number of aromatic nitrogens is 4. The highest BCUT2D eigenvalue weighted by Crippen LogP contribution is 2.01. The van der Waals surface area contributed by atoms with Crippen molar-refractivity contribution in [1.29, 1.82) is 0 Å². The number of carbonyl (C=O) groups is 1. The molecule has 2 N–H and O–H groups in total. The topological polar surface area (TPSA) is 84.7 Å². The molecule has 2 rings (SSSR count). The first-order valence-corrected chi connectivity index (χ1v) is 6.61. The highest BCUT2D eigenvalue weighted by molar-refractivity contribution is 5.92. The van der Waals surface area contributed by atoms with E-state index in [0.717, 1.165) is 19.5 Å². The van der Waals surface area contributed by atoms with Gasteiger partial charge in [-0.3, -0.25) is 14.5 Å². The Morgan fingerprint density at radius 2 is 2.30 bits per heavy atom. The van der Waals surface area contributed by atoms with Crippen molar-refractivity contribution < 1.29 is 4.79 Å². The van der Waals surface area contributed by atoms with Gasteiger partial charge >= 0.3 is 0 Å². The second-order valence-corrected chi connectivity index (χ2v) is 4.20. The molecular weight excluding hydrogens is 256 g/mol. The number of rotatable bonds is 7. The largest absolute Gasteiger partial charge is 0.369 e. The standard InChI is InChI=1S/C13H18N6O/c1-2-15-12-10-14-9-11(18-12)13(20)16-5-3-7-19-8-4-6-17-19/h4,6,8-10H,2-3,5,7H2,1H3,(H,15,18)(H,16,20). The summed E-state index contributed by atoms with van der Waals surface area (Å²) in [6.45, 7) is 4.05. The van der Waals surface area contributed by atoms with E-state index < -0.39 is 0 Å². The SMILES string of the molecule is CCNc1cncc(C(=O)NCCCn2cccn2)n1. The summed E-state index contributed by atoms with van der Waals surface area (Å²) < 4.78 is 1.83. The molecule has 0 aromatic carbocycles. The summed E-state index contributed by atoms with van der Waals surface area (Å²) in [4.78, 5) is 20.1. The van der Waals surface area contributed by atoms with Gasteiger partial charge in [0.05, 0.1) is 12.4 Å². The molecule has 106 valence electrons. The lowest BCUT2D eigenvalue weighted by Crippen LogP contribution is -2.26. The zero-order valence-electron chi connectivity index (χ0n) is 11.4. The normalized spacial score (nSPS) is 10.2. The van der Waals surface area contributed by atoms with Crippen molar-refractivity contribution in [2.75, 3.05) is 18.4 Å². The Labute approximate surface area is 117 Å². The van der Waals surface area contributed by atoms with Crippen LogP contribution in [-0.4, -0.2) is 38.7 Å². The van der Waals surface area contributed by atoms with Crippen LogP contribution in [0.3, 0.4) is 0 Å². The molecule has 0 spiro atoms. The number of nitrogens with one attached hydrogen (secondary N) is 2. The van der Waals surface area contributed by atoms with Crippen molar-refractivity contribution in [2.24, 2.45) is 0 Å². The zero-order chi connectivity index (χ0) is 14.2. The number of anilines is 1. The second-order valence-electron chi connectivity index (χ2n) is 4.20. The van der Waals surface area contributed by atoms with Gasteiger partial charge in [0.1, 0.15) is 11.5 Å². The van der Waals surface area contributed by atoms with Crippen LogP contribution in [0.4, 0.5) is 5.82 Å². The Bertz CT molecular complexity index is 540. The van der Waals surface area contributed by atoms with Crippen molar-refractivity contribution in [3.8, 4) is 0 Å². The number of aryl methyl sites for hydroxylation is 1. The first-order valence-electron chi connectivity index (χ1n) is 6.61. The first kappa shape index (κ1) is 14.0. The minimum atomic E-state index is -0.210. The highest BCUT2D eigenvalue weighted by Gasteiger charge is 2.07. The van der Waals surface area contributed by atoms with Crippen LogP contribution in [0.1, 0.15) is 23.8 Å². The van der Waals surface area contributed by atoms with Crippen LogP contribution in [0.2, 0.25) is 0 Å². The van der Waals surface area contributed by atoms with Gasteiger partial charge < -0.3 is 10.6 Å². The van der Waals surface area contributed by atoms with Crippen molar-refractivity contribution in [3.63, 3.8) is 0 Å². The summed E-state index contributed by atoms with van der Waals surface area (Å²) in [5.74, 6) is 0.398. The van der Waals surface area contributed by atoms with Crippen molar-refractivity contribution >= 4 is 11.7 Å². The molecule has 1 amide bonds. The summed E-state index contributed by atoms with van der Waals surface area (Å²) in [5, 5.41) is 9.94. The van der Waals surface area contributed by atoms with Gasteiger partial charge in [0.25, 0.3) is 5.91 Å². The van der Waals surface area contributed by atoms with Crippen molar-refractivity contribution in [1.82, 2.24) is 25.1 Å². The minimum Gasteiger partial charge on any atom is -0.369 e. The number of nitrogens with zero attached hydrogens (tertiary/aromatic N) is 4. The molecule has 7 heteroatoms. The third-order valence-corrected chi connectivity index (χ3v) is 2.63. The van der Waals surface area contributed by atoms with Crippen molar-refractivity contribution in [3.05, 3.63) is 36.5 Å². The van der Waals surface area contributed by atoms with E-state index in [0.29, 0.717) is 18.1 Å². The lowest BCUT2D eigenvalue weighted by molar-refractivity contribution is 0.0947. The number of carbonyl (C=O) groups excluding carboxylic acids is 1. The molecule has 2 aromatic rings. The van der Waals surface area contributed by atoms with E-state index in [1.54, 1.807) is 12.4 Å². The molecule has 0 aliphatic rings. The maximum absolute atomic E-state index is 11.9. The average Bonchev–Trinajstić information content (AvgIpc) is 2.97. The van der Waals surface area contributed by atoms with Crippen molar-refractivity contribution in [2.45, 2.75) is 19.9 Å². The molecule has 7 nitrogen and oxygen atoms in total. The van der Waals surface area contributed by atoms with Crippen LogP contribution < -0.4 is 10.6 Å². The van der Waals surface area contributed by atoms with Crippen LogP contribution in [0, 0.1) is 0 Å². The van der Waals surface area contributed by atoms with E-state index in [9.17, 15) is 4.79 Å². The summed E-state index contributed by atoms with van der Waals surface area (Å²) >= 11 is 0. The minimum absolute atomic E-state index is 0.210. The quantitative estimate of drug-likeness (QED) is 0.734. The van der Waals surface area contributed by atoms with Gasteiger partial charge in [-0.1, -0.05) is 0 Å². The molecule has 0 atom stereocenters. The maximum atomic E-state index is 11.9. The van der Waals surface area contributed by atoms with E-state index in [4.69, 9.17) is 0 Å². The number of amides is 1. The Balaban J connectivity index is 1.78. The monoisotopic (exact) mass is 274 g/mol. The van der Waals surface area contributed by atoms with Gasteiger partial charge in [0, 0.05) is 32.0 Å². The molecule has 0 saturated heterocycles. The molecule has 20 heavy (non-hydrogen) atoms. The highest BCUT2D eigenvalue weighted by atomic mass is 16.1. The van der Waals surface area contributed by atoms with Gasteiger partial charge in [0.15, 0.2) is 0 Å². The van der Waals surface area contributed by atoms with Gasteiger partial charge in [-0.15, -0.1) is 0 Å². The summed E-state index contributed by atoms with van der Waals surface area (Å²) in [7, 11) is 0. The average molecular weight is 274 g/mol. The molecule has 2 aromatic heterocycles.